The molecular weight excluding hydrogens is 326 g/mol. The molecule has 3 rings (SSSR count). The summed E-state index contributed by atoms with van der Waals surface area (Å²) in [6.07, 6.45) is 1.13. The quantitative estimate of drug-likeness (QED) is 0.863. The second-order valence-corrected chi connectivity index (χ2v) is 6.83. The lowest BCUT2D eigenvalue weighted by atomic mass is 10.1. The van der Waals surface area contributed by atoms with Crippen LogP contribution in [0.25, 0.3) is 11.3 Å². The van der Waals surface area contributed by atoms with Gasteiger partial charge in [-0.25, -0.2) is 0 Å². The first-order valence-corrected chi connectivity index (χ1v) is 8.90. The second kappa shape index (κ2) is 7.83. The molecule has 0 bridgehead atoms. The van der Waals surface area contributed by atoms with Crippen molar-refractivity contribution in [1.82, 2.24) is 15.2 Å². The van der Waals surface area contributed by atoms with E-state index in [1.807, 2.05) is 18.2 Å². The Kier molecular flexibility index (Phi) is 5.55. The highest BCUT2D eigenvalue weighted by Gasteiger charge is 2.17. The van der Waals surface area contributed by atoms with E-state index in [0.717, 1.165) is 55.3 Å². The Labute approximate surface area is 145 Å². The first kappa shape index (κ1) is 17.0. The van der Waals surface area contributed by atoms with Crippen LogP contribution in [0, 0.1) is 0 Å². The molecule has 1 aromatic heterocycles. The van der Waals surface area contributed by atoms with Crippen molar-refractivity contribution in [2.45, 2.75) is 13.0 Å². The van der Waals surface area contributed by atoms with E-state index in [4.69, 9.17) is 9.47 Å². The minimum Gasteiger partial charge on any atom is -0.493 e. The number of H-pyrrole nitrogens is 1. The topological polar surface area (TPSA) is 66.6 Å². The number of aromatic nitrogens is 1. The Morgan fingerprint density at radius 2 is 2.00 bits per heavy atom. The number of nitrogens with one attached hydrogen (secondary N) is 2. The Balaban J connectivity index is 1.89. The first-order valence-electron chi connectivity index (χ1n) is 8.08. The fourth-order valence-electron chi connectivity index (χ4n) is 2.96. The molecule has 0 aliphatic carbocycles. The molecule has 130 valence electrons. The van der Waals surface area contributed by atoms with Crippen molar-refractivity contribution >= 4 is 11.3 Å². The van der Waals surface area contributed by atoms with E-state index in [1.54, 1.807) is 14.2 Å². The van der Waals surface area contributed by atoms with E-state index in [1.165, 1.54) is 11.3 Å². The van der Waals surface area contributed by atoms with Gasteiger partial charge in [0.2, 0.25) is 0 Å². The molecule has 1 aliphatic heterocycles. The maximum atomic E-state index is 11.9. The standard InChI is InChI=1S/C17H23N3O3S/c1-22-13-5-4-12(10-14(13)23-2)16-15(24-17(21)19-16)11-20-8-3-6-18-7-9-20/h4-5,10,18H,3,6-9,11H2,1-2H3,(H,19,21). The minimum atomic E-state index is -0.0252. The Bertz CT molecular complexity index is 733. The van der Waals surface area contributed by atoms with Gasteiger partial charge in [0.1, 0.15) is 0 Å². The molecule has 2 heterocycles. The van der Waals surface area contributed by atoms with Crippen LogP contribution in [-0.4, -0.2) is 50.3 Å². The molecular formula is C17H23N3O3S. The predicted molar refractivity (Wildman–Crippen MR) is 96.2 cm³/mol. The van der Waals surface area contributed by atoms with Gasteiger partial charge in [-0.3, -0.25) is 9.69 Å². The van der Waals surface area contributed by atoms with E-state index < -0.39 is 0 Å². The number of benzene rings is 1. The Morgan fingerprint density at radius 1 is 1.17 bits per heavy atom. The van der Waals surface area contributed by atoms with Gasteiger partial charge in [-0.15, -0.1) is 0 Å². The lowest BCUT2D eigenvalue weighted by Crippen LogP contribution is -2.27. The molecule has 1 saturated heterocycles. The first-order chi connectivity index (χ1) is 11.7. The van der Waals surface area contributed by atoms with Gasteiger partial charge in [0, 0.05) is 30.1 Å². The number of ether oxygens (including phenoxy) is 2. The van der Waals surface area contributed by atoms with Crippen LogP contribution in [-0.2, 0) is 6.54 Å². The van der Waals surface area contributed by atoms with Crippen molar-refractivity contribution in [3.8, 4) is 22.8 Å². The summed E-state index contributed by atoms with van der Waals surface area (Å²) >= 11 is 1.29. The Hall–Kier alpha value is -1.83. The van der Waals surface area contributed by atoms with Gasteiger partial charge >= 0.3 is 4.87 Å². The number of aromatic amines is 1. The third-order valence-corrected chi connectivity index (χ3v) is 5.06. The monoisotopic (exact) mass is 349 g/mol. The van der Waals surface area contributed by atoms with Crippen LogP contribution in [0.4, 0.5) is 0 Å². The van der Waals surface area contributed by atoms with Crippen molar-refractivity contribution in [3.63, 3.8) is 0 Å². The lowest BCUT2D eigenvalue weighted by molar-refractivity contribution is 0.287. The van der Waals surface area contributed by atoms with Crippen LogP contribution in [0.15, 0.2) is 23.0 Å². The summed E-state index contributed by atoms with van der Waals surface area (Å²) in [6.45, 7) is 4.88. The van der Waals surface area contributed by atoms with E-state index >= 15 is 0 Å². The summed E-state index contributed by atoms with van der Waals surface area (Å²) in [5.41, 5.74) is 1.82. The summed E-state index contributed by atoms with van der Waals surface area (Å²) in [5, 5.41) is 3.40. The zero-order chi connectivity index (χ0) is 16.9. The van der Waals surface area contributed by atoms with Crippen LogP contribution in [0.3, 0.4) is 0 Å². The summed E-state index contributed by atoms with van der Waals surface area (Å²) in [4.78, 5) is 18.4. The van der Waals surface area contributed by atoms with Gasteiger partial charge in [0.05, 0.1) is 19.9 Å². The maximum Gasteiger partial charge on any atom is 0.305 e. The summed E-state index contributed by atoms with van der Waals surface area (Å²) in [6, 6.07) is 5.72. The van der Waals surface area contributed by atoms with Gasteiger partial charge in [-0.2, -0.15) is 0 Å². The fourth-order valence-corrected chi connectivity index (χ4v) is 3.85. The minimum absolute atomic E-state index is 0.0252. The zero-order valence-electron chi connectivity index (χ0n) is 14.1. The van der Waals surface area contributed by atoms with Crippen molar-refractivity contribution in [3.05, 3.63) is 32.7 Å². The van der Waals surface area contributed by atoms with Gasteiger partial charge < -0.3 is 19.8 Å². The summed E-state index contributed by atoms with van der Waals surface area (Å²) in [5.74, 6) is 1.34. The predicted octanol–water partition coefficient (Wildman–Crippen LogP) is 1.92. The Morgan fingerprint density at radius 3 is 2.79 bits per heavy atom. The van der Waals surface area contributed by atoms with E-state index in [0.29, 0.717) is 11.5 Å². The van der Waals surface area contributed by atoms with Crippen LogP contribution in [0.2, 0.25) is 0 Å². The normalized spacial score (nSPS) is 15.9. The van der Waals surface area contributed by atoms with E-state index in [2.05, 4.69) is 15.2 Å². The highest BCUT2D eigenvalue weighted by Crippen LogP contribution is 2.33. The molecule has 0 atom stereocenters. The fraction of sp³-hybridized carbons (Fsp3) is 0.471. The average molecular weight is 349 g/mol. The van der Waals surface area contributed by atoms with Crippen molar-refractivity contribution in [2.75, 3.05) is 40.4 Å². The number of hydrogen-bond acceptors (Lipinski definition) is 6. The van der Waals surface area contributed by atoms with Gasteiger partial charge in [0.25, 0.3) is 0 Å². The maximum absolute atomic E-state index is 11.9. The van der Waals surface area contributed by atoms with E-state index in [-0.39, 0.29) is 4.87 Å². The highest BCUT2D eigenvalue weighted by atomic mass is 32.1. The summed E-state index contributed by atoms with van der Waals surface area (Å²) in [7, 11) is 3.23. The SMILES string of the molecule is COc1ccc(-c2[nH]c(=O)sc2CN2CCCNCC2)cc1OC. The van der Waals surface area contributed by atoms with Crippen molar-refractivity contribution in [1.29, 1.82) is 0 Å². The smallest absolute Gasteiger partial charge is 0.305 e. The molecule has 0 radical (unpaired) electrons. The van der Waals surface area contributed by atoms with Crippen LogP contribution < -0.4 is 19.7 Å². The molecule has 1 aromatic carbocycles. The molecule has 0 unspecified atom stereocenters. The molecule has 0 spiro atoms. The number of hydrogen-bond donors (Lipinski definition) is 2. The zero-order valence-corrected chi connectivity index (χ0v) is 14.9. The summed E-state index contributed by atoms with van der Waals surface area (Å²) < 4.78 is 10.7. The van der Waals surface area contributed by atoms with Gasteiger partial charge in [-0.1, -0.05) is 11.3 Å². The van der Waals surface area contributed by atoms with Gasteiger partial charge in [-0.05, 0) is 37.7 Å². The number of nitrogens with zero attached hydrogens (tertiary/aromatic N) is 1. The number of thiazole rings is 1. The highest BCUT2D eigenvalue weighted by molar-refractivity contribution is 7.09. The molecule has 6 nitrogen and oxygen atoms in total. The lowest BCUT2D eigenvalue weighted by Gasteiger charge is -2.19. The molecule has 1 fully saturated rings. The van der Waals surface area contributed by atoms with Crippen LogP contribution >= 0.6 is 11.3 Å². The number of rotatable bonds is 5. The molecule has 0 saturated carbocycles. The average Bonchev–Trinajstić information content (AvgIpc) is 2.80. The molecule has 1 aliphatic rings. The van der Waals surface area contributed by atoms with Crippen molar-refractivity contribution < 1.29 is 9.47 Å². The second-order valence-electron chi connectivity index (χ2n) is 5.76. The molecule has 2 N–H and O–H groups in total. The molecule has 2 aromatic rings. The van der Waals surface area contributed by atoms with Crippen LogP contribution in [0.5, 0.6) is 11.5 Å². The van der Waals surface area contributed by atoms with E-state index in [9.17, 15) is 4.79 Å². The molecule has 0 amide bonds. The van der Waals surface area contributed by atoms with Crippen LogP contribution in [0.1, 0.15) is 11.3 Å². The third-order valence-electron chi connectivity index (χ3n) is 4.19. The third kappa shape index (κ3) is 3.80. The molecule has 24 heavy (non-hydrogen) atoms. The van der Waals surface area contributed by atoms with Crippen molar-refractivity contribution in [2.24, 2.45) is 0 Å². The largest absolute Gasteiger partial charge is 0.493 e. The molecule has 7 heteroatoms. The van der Waals surface area contributed by atoms with Gasteiger partial charge in [0.15, 0.2) is 11.5 Å². The number of methoxy groups -OCH3 is 2.